The molecule has 2 amide bonds. The normalized spacial score (nSPS) is 14.4. The lowest BCUT2D eigenvalue weighted by molar-refractivity contribution is -0.134. The molecule has 3 aromatic carbocycles. The number of fused-ring (bicyclic) bond motifs is 3. The number of imide groups is 1. The van der Waals surface area contributed by atoms with Crippen LogP contribution in [-0.4, -0.2) is 65.6 Å². The molecule has 1 aliphatic heterocycles. The molecule has 5 rings (SSSR count). The lowest BCUT2D eigenvalue weighted by Gasteiger charge is -2.37. The number of nitrogen functional groups attached to an aromatic ring is 1. The first-order valence-electron chi connectivity index (χ1n) is 13.6. The summed E-state index contributed by atoms with van der Waals surface area (Å²) in [5.74, 6) is 1.32. The number of anilines is 1. The van der Waals surface area contributed by atoms with E-state index in [2.05, 4.69) is 10.3 Å². The van der Waals surface area contributed by atoms with Gasteiger partial charge in [-0.2, -0.15) is 0 Å². The molecule has 10 nitrogen and oxygen atoms in total. The quantitative estimate of drug-likeness (QED) is 0.130. The van der Waals surface area contributed by atoms with Gasteiger partial charge >= 0.3 is 0 Å². The van der Waals surface area contributed by atoms with Crippen LogP contribution in [0.15, 0.2) is 48.5 Å². The van der Waals surface area contributed by atoms with Gasteiger partial charge in [-0.25, -0.2) is 4.98 Å². The zero-order valence-electron chi connectivity index (χ0n) is 23.7. The molecule has 1 aromatic heterocycles. The van der Waals surface area contributed by atoms with Gasteiger partial charge in [0.05, 0.1) is 36.4 Å². The monoisotopic (exact) mass is 557 g/mol. The highest BCUT2D eigenvalue weighted by molar-refractivity contribution is 6.19. The number of rotatable bonds is 10. The molecule has 0 radical (unpaired) electrons. The van der Waals surface area contributed by atoms with E-state index in [4.69, 9.17) is 20.2 Å². The number of methoxy groups -OCH3 is 2. The van der Waals surface area contributed by atoms with Crippen LogP contribution in [0.5, 0.6) is 17.2 Å². The molecular weight excluding hydrogens is 522 g/mol. The van der Waals surface area contributed by atoms with Crippen LogP contribution in [0, 0.1) is 0 Å². The van der Waals surface area contributed by atoms with E-state index in [1.807, 2.05) is 32.0 Å². The van der Waals surface area contributed by atoms with Gasteiger partial charge < -0.3 is 30.6 Å². The number of phenols is 1. The maximum absolute atomic E-state index is 13.8. The molecule has 10 heteroatoms. The number of aromatic amines is 1. The first-order valence-corrected chi connectivity index (χ1v) is 13.6. The maximum Gasteiger partial charge on any atom is 0.263 e. The Balaban J connectivity index is 1.30. The lowest BCUT2D eigenvalue weighted by atomic mass is 9.76. The van der Waals surface area contributed by atoms with Crippen LogP contribution in [0.2, 0.25) is 0 Å². The molecule has 0 saturated heterocycles. The zero-order valence-corrected chi connectivity index (χ0v) is 23.7. The van der Waals surface area contributed by atoms with E-state index < -0.39 is 5.41 Å². The predicted molar refractivity (Wildman–Crippen MR) is 157 cm³/mol. The molecule has 2 heterocycles. The molecule has 1 aliphatic rings. The second-order valence-corrected chi connectivity index (χ2v) is 10.7. The van der Waals surface area contributed by atoms with E-state index in [9.17, 15) is 14.7 Å². The fraction of sp³-hybridized carbons (Fsp3) is 0.323. The van der Waals surface area contributed by atoms with Crippen molar-refractivity contribution in [2.24, 2.45) is 0 Å². The van der Waals surface area contributed by atoms with Gasteiger partial charge in [-0.1, -0.05) is 18.2 Å². The number of hydrogen-bond donors (Lipinski definition) is 4. The molecule has 5 N–H and O–H groups in total. The average molecular weight is 558 g/mol. The van der Waals surface area contributed by atoms with Gasteiger partial charge in [-0.3, -0.25) is 14.5 Å². The third kappa shape index (κ3) is 5.18. The van der Waals surface area contributed by atoms with Crippen molar-refractivity contribution in [1.82, 2.24) is 20.2 Å². The van der Waals surface area contributed by atoms with Crippen molar-refractivity contribution in [2.75, 3.05) is 39.6 Å². The average Bonchev–Trinajstić information content (AvgIpc) is 3.41. The van der Waals surface area contributed by atoms with Crippen molar-refractivity contribution < 1.29 is 24.2 Å². The van der Waals surface area contributed by atoms with Gasteiger partial charge in [0.15, 0.2) is 11.5 Å². The second kappa shape index (κ2) is 11.1. The summed E-state index contributed by atoms with van der Waals surface area (Å²) >= 11 is 0. The third-order valence-electron chi connectivity index (χ3n) is 7.60. The minimum absolute atomic E-state index is 0.101. The summed E-state index contributed by atoms with van der Waals surface area (Å²) < 4.78 is 10.7. The Morgan fingerprint density at radius 1 is 1.05 bits per heavy atom. The van der Waals surface area contributed by atoms with Gasteiger partial charge in [-0.15, -0.1) is 0 Å². The first-order chi connectivity index (χ1) is 19.6. The first kappa shape index (κ1) is 28.0. The van der Waals surface area contributed by atoms with E-state index in [1.54, 1.807) is 44.6 Å². The topological polar surface area (TPSA) is 143 Å². The number of benzene rings is 3. The van der Waals surface area contributed by atoms with E-state index in [1.165, 1.54) is 4.90 Å². The van der Waals surface area contributed by atoms with Crippen molar-refractivity contribution in [3.8, 4) is 28.6 Å². The lowest BCUT2D eigenvalue weighted by Crippen LogP contribution is -2.52. The number of nitrogens with one attached hydrogen (secondary N) is 2. The SMILES string of the molecule is COc1ccc(CCNCCCN2C(=O)c3c(cc(N)c4[nH]c(-c5cccc(O)c5)nc34)C(C)(C)C2=O)cc1OC. The van der Waals surface area contributed by atoms with Crippen LogP contribution in [0.25, 0.3) is 22.4 Å². The van der Waals surface area contributed by atoms with Gasteiger partial charge in [0.2, 0.25) is 5.91 Å². The molecule has 0 fully saturated rings. The number of carbonyl (C=O) groups excluding carboxylic acids is 2. The number of ether oxygens (including phenoxy) is 2. The molecule has 0 aliphatic carbocycles. The number of amides is 2. The highest BCUT2D eigenvalue weighted by Crippen LogP contribution is 2.40. The Morgan fingerprint density at radius 2 is 1.83 bits per heavy atom. The number of nitrogens with two attached hydrogens (primary N) is 1. The number of carbonyl (C=O) groups is 2. The number of imidazole rings is 1. The standard InChI is InChI=1S/C31H35N5O5/c1-31(2)21-17-22(32)26-27(35-28(34-26)19-7-5-8-20(37)16-19)25(21)29(38)36(30(31)39)14-6-12-33-13-11-18-9-10-23(40-3)24(15-18)41-4/h5,7-10,15-17,33,37H,6,11-14,32H2,1-4H3,(H,34,35). The fourth-order valence-corrected chi connectivity index (χ4v) is 5.33. The Morgan fingerprint density at radius 3 is 2.56 bits per heavy atom. The highest BCUT2D eigenvalue weighted by atomic mass is 16.5. The number of hydrogen-bond acceptors (Lipinski definition) is 8. The maximum atomic E-state index is 13.8. The molecule has 0 unspecified atom stereocenters. The van der Waals surface area contributed by atoms with Crippen LogP contribution in [0.3, 0.4) is 0 Å². The summed E-state index contributed by atoms with van der Waals surface area (Å²) in [4.78, 5) is 36.5. The van der Waals surface area contributed by atoms with E-state index >= 15 is 0 Å². The van der Waals surface area contributed by atoms with Gasteiger partial charge in [0.25, 0.3) is 5.91 Å². The minimum atomic E-state index is -0.962. The molecule has 0 saturated carbocycles. The zero-order chi connectivity index (χ0) is 29.3. The third-order valence-corrected chi connectivity index (χ3v) is 7.60. The number of aromatic hydroxyl groups is 1. The summed E-state index contributed by atoms with van der Waals surface area (Å²) in [6.45, 7) is 5.27. The Labute approximate surface area is 238 Å². The van der Waals surface area contributed by atoms with E-state index in [0.29, 0.717) is 63.7 Å². The van der Waals surface area contributed by atoms with E-state index in [-0.39, 0.29) is 24.1 Å². The van der Waals surface area contributed by atoms with Crippen molar-refractivity contribution in [3.63, 3.8) is 0 Å². The number of phenolic OH excluding ortho intramolecular Hbond substituents is 1. The predicted octanol–water partition coefficient (Wildman–Crippen LogP) is 4.02. The minimum Gasteiger partial charge on any atom is -0.508 e. The molecule has 214 valence electrons. The molecule has 0 spiro atoms. The van der Waals surface area contributed by atoms with E-state index in [0.717, 1.165) is 18.5 Å². The van der Waals surface area contributed by atoms with Crippen molar-refractivity contribution in [3.05, 3.63) is 65.2 Å². The molecular formula is C31H35N5O5. The Kier molecular flexibility index (Phi) is 7.59. The van der Waals surface area contributed by atoms with Crippen molar-refractivity contribution >= 4 is 28.5 Å². The van der Waals surface area contributed by atoms with Gasteiger partial charge in [0.1, 0.15) is 17.1 Å². The Hall–Kier alpha value is -4.57. The summed E-state index contributed by atoms with van der Waals surface area (Å²) in [6, 6.07) is 14.2. The number of nitrogens with zero attached hydrogens (tertiary/aromatic N) is 2. The molecule has 41 heavy (non-hydrogen) atoms. The van der Waals surface area contributed by atoms with Crippen molar-refractivity contribution in [1.29, 1.82) is 0 Å². The highest BCUT2D eigenvalue weighted by Gasteiger charge is 2.46. The van der Waals surface area contributed by atoms with Crippen LogP contribution < -0.4 is 20.5 Å². The van der Waals surface area contributed by atoms with Crippen molar-refractivity contribution in [2.45, 2.75) is 32.1 Å². The number of aromatic nitrogens is 2. The van der Waals surface area contributed by atoms with Crippen LogP contribution in [-0.2, 0) is 16.6 Å². The summed E-state index contributed by atoms with van der Waals surface area (Å²) in [5, 5.41) is 13.3. The van der Waals surface area contributed by atoms with Crippen LogP contribution in [0.4, 0.5) is 5.69 Å². The second-order valence-electron chi connectivity index (χ2n) is 10.7. The molecule has 4 aromatic rings. The fourth-order valence-electron chi connectivity index (χ4n) is 5.33. The van der Waals surface area contributed by atoms with Crippen LogP contribution in [0.1, 0.15) is 41.8 Å². The summed E-state index contributed by atoms with van der Waals surface area (Å²) in [5.41, 5.74) is 9.47. The van der Waals surface area contributed by atoms with Crippen LogP contribution >= 0.6 is 0 Å². The Bertz CT molecular complexity index is 1630. The number of H-pyrrole nitrogens is 1. The summed E-state index contributed by atoms with van der Waals surface area (Å²) in [6.07, 6.45) is 1.39. The van der Waals surface area contributed by atoms with Gasteiger partial charge in [-0.05, 0) is 81.2 Å². The molecule has 0 bridgehead atoms. The molecule has 0 atom stereocenters. The largest absolute Gasteiger partial charge is 0.508 e. The van der Waals surface area contributed by atoms with Gasteiger partial charge in [0, 0.05) is 12.1 Å². The smallest absolute Gasteiger partial charge is 0.263 e. The summed E-state index contributed by atoms with van der Waals surface area (Å²) in [7, 11) is 3.22.